The Morgan fingerprint density at radius 1 is 1.35 bits per heavy atom. The zero-order valence-electron chi connectivity index (χ0n) is 13.0. The van der Waals surface area contributed by atoms with Crippen molar-refractivity contribution in [1.82, 2.24) is 24.8 Å². The first kappa shape index (κ1) is 13.9. The molecule has 23 heavy (non-hydrogen) atoms. The van der Waals surface area contributed by atoms with Crippen LogP contribution in [0.15, 0.2) is 28.9 Å². The molecule has 2 aromatic heterocycles. The van der Waals surface area contributed by atoms with Crippen LogP contribution < -0.4 is 0 Å². The highest BCUT2D eigenvalue weighted by atomic mass is 16.5. The van der Waals surface area contributed by atoms with Crippen LogP contribution in [0.5, 0.6) is 0 Å². The molecule has 1 amide bonds. The highest BCUT2D eigenvalue weighted by molar-refractivity contribution is 5.83. The van der Waals surface area contributed by atoms with E-state index in [-0.39, 0.29) is 12.0 Å². The summed E-state index contributed by atoms with van der Waals surface area (Å²) in [6, 6.07) is 6.28. The second-order valence-corrected chi connectivity index (χ2v) is 6.17. The third-order valence-corrected chi connectivity index (χ3v) is 4.20. The largest absolute Gasteiger partial charge is 0.344 e. The van der Waals surface area contributed by atoms with Crippen LogP contribution in [-0.4, -0.2) is 44.3 Å². The van der Waals surface area contributed by atoms with Gasteiger partial charge in [-0.15, -0.1) is 0 Å². The highest BCUT2D eigenvalue weighted by Crippen LogP contribution is 2.28. The molecule has 1 aliphatic heterocycles. The minimum Gasteiger partial charge on any atom is -0.344 e. The topological polar surface area (TPSA) is 77.1 Å². The number of hydrogen-bond acceptors (Lipinski definition) is 5. The van der Waals surface area contributed by atoms with Crippen molar-refractivity contribution < 1.29 is 9.32 Å². The van der Waals surface area contributed by atoms with Crippen molar-refractivity contribution in [3.8, 4) is 11.5 Å². The van der Waals surface area contributed by atoms with Gasteiger partial charge in [-0.25, -0.2) is 0 Å². The van der Waals surface area contributed by atoms with Crippen LogP contribution in [0.3, 0.4) is 0 Å². The molecule has 1 saturated heterocycles. The molecule has 0 atom stereocenters. The SMILES string of the molecule is CC(C)n1ncc2ccc(-c3nc(C4CN(C=O)C4)no3)cc21. The number of carbonyl (C=O) groups is 1. The third kappa shape index (κ3) is 2.28. The summed E-state index contributed by atoms with van der Waals surface area (Å²) in [4.78, 5) is 16.8. The summed E-state index contributed by atoms with van der Waals surface area (Å²) >= 11 is 0. The fraction of sp³-hybridized carbons (Fsp3) is 0.375. The van der Waals surface area contributed by atoms with E-state index in [2.05, 4.69) is 29.1 Å². The molecule has 1 aliphatic rings. The average Bonchev–Trinajstić information content (AvgIpc) is 3.12. The van der Waals surface area contributed by atoms with E-state index < -0.39 is 0 Å². The number of nitrogens with zero attached hydrogens (tertiary/aromatic N) is 5. The molecule has 0 radical (unpaired) electrons. The number of benzene rings is 1. The second-order valence-electron chi connectivity index (χ2n) is 6.17. The molecule has 1 fully saturated rings. The Morgan fingerprint density at radius 2 is 2.17 bits per heavy atom. The monoisotopic (exact) mass is 311 g/mol. The predicted octanol–water partition coefficient (Wildman–Crippen LogP) is 2.22. The summed E-state index contributed by atoms with van der Waals surface area (Å²) in [6.45, 7) is 5.50. The van der Waals surface area contributed by atoms with E-state index in [1.54, 1.807) is 4.90 Å². The van der Waals surface area contributed by atoms with Gasteiger partial charge >= 0.3 is 0 Å². The van der Waals surface area contributed by atoms with Crippen molar-refractivity contribution in [3.63, 3.8) is 0 Å². The molecule has 0 aliphatic carbocycles. The van der Waals surface area contributed by atoms with E-state index >= 15 is 0 Å². The van der Waals surface area contributed by atoms with E-state index in [1.165, 1.54) is 0 Å². The molecule has 0 saturated carbocycles. The number of carbonyl (C=O) groups excluding carboxylic acids is 1. The first-order valence-corrected chi connectivity index (χ1v) is 7.66. The second kappa shape index (κ2) is 5.19. The molecule has 3 heterocycles. The van der Waals surface area contributed by atoms with Crippen LogP contribution in [0.1, 0.15) is 31.6 Å². The van der Waals surface area contributed by atoms with Gasteiger partial charge in [-0.3, -0.25) is 9.48 Å². The van der Waals surface area contributed by atoms with Crippen LogP contribution in [0.2, 0.25) is 0 Å². The van der Waals surface area contributed by atoms with Gasteiger partial charge in [0.1, 0.15) is 0 Å². The number of aromatic nitrogens is 4. The maximum atomic E-state index is 10.6. The Balaban J connectivity index is 1.65. The van der Waals surface area contributed by atoms with Gasteiger partial charge in [0, 0.05) is 30.1 Å². The van der Waals surface area contributed by atoms with Gasteiger partial charge in [-0.05, 0) is 26.0 Å². The van der Waals surface area contributed by atoms with Crippen molar-refractivity contribution >= 4 is 17.3 Å². The number of amides is 1. The summed E-state index contributed by atoms with van der Waals surface area (Å²) < 4.78 is 7.38. The van der Waals surface area contributed by atoms with E-state index in [4.69, 9.17) is 4.52 Å². The molecule has 0 unspecified atom stereocenters. The zero-order valence-corrected chi connectivity index (χ0v) is 13.0. The lowest BCUT2D eigenvalue weighted by Crippen LogP contribution is -2.44. The molecule has 4 rings (SSSR count). The number of likely N-dealkylation sites (tertiary alicyclic amines) is 1. The normalized spacial score (nSPS) is 15.3. The summed E-state index contributed by atoms with van der Waals surface area (Å²) in [7, 11) is 0. The standard InChI is InChI=1S/C16H17N5O2/c1-10(2)21-14-5-11(3-4-12(14)6-17-21)16-18-15(19-23-16)13-7-20(8-13)9-22/h3-6,9-10,13H,7-8H2,1-2H3. The average molecular weight is 311 g/mol. The van der Waals surface area contributed by atoms with Crippen molar-refractivity contribution in [2.45, 2.75) is 25.8 Å². The van der Waals surface area contributed by atoms with Gasteiger partial charge in [0.2, 0.25) is 6.41 Å². The lowest BCUT2D eigenvalue weighted by molar-refractivity contribution is -0.122. The van der Waals surface area contributed by atoms with E-state index in [9.17, 15) is 4.79 Å². The van der Waals surface area contributed by atoms with Crippen molar-refractivity contribution in [3.05, 3.63) is 30.2 Å². The Kier molecular flexibility index (Phi) is 3.14. The molecule has 0 spiro atoms. The number of fused-ring (bicyclic) bond motifs is 1. The van der Waals surface area contributed by atoms with Crippen LogP contribution in [-0.2, 0) is 4.79 Å². The van der Waals surface area contributed by atoms with Crippen molar-refractivity contribution in [2.75, 3.05) is 13.1 Å². The van der Waals surface area contributed by atoms with Crippen molar-refractivity contribution in [2.24, 2.45) is 0 Å². The highest BCUT2D eigenvalue weighted by Gasteiger charge is 2.31. The lowest BCUT2D eigenvalue weighted by Gasteiger charge is -2.33. The van der Waals surface area contributed by atoms with Crippen molar-refractivity contribution in [1.29, 1.82) is 0 Å². The predicted molar refractivity (Wildman–Crippen MR) is 83.8 cm³/mol. The van der Waals surface area contributed by atoms with Gasteiger partial charge < -0.3 is 9.42 Å². The molecule has 0 N–H and O–H groups in total. The van der Waals surface area contributed by atoms with E-state index in [1.807, 2.05) is 29.1 Å². The minimum atomic E-state index is 0.169. The molecule has 0 bridgehead atoms. The van der Waals surface area contributed by atoms with Crippen LogP contribution >= 0.6 is 0 Å². The Morgan fingerprint density at radius 3 is 2.91 bits per heavy atom. The maximum absolute atomic E-state index is 10.6. The van der Waals surface area contributed by atoms with E-state index in [0.29, 0.717) is 24.8 Å². The molecule has 3 aromatic rings. The Labute approximate surface area is 132 Å². The first-order chi connectivity index (χ1) is 11.2. The molecular formula is C16H17N5O2. The molecular weight excluding hydrogens is 294 g/mol. The summed E-state index contributed by atoms with van der Waals surface area (Å²) in [5.74, 6) is 1.33. The number of hydrogen-bond donors (Lipinski definition) is 0. The minimum absolute atomic E-state index is 0.169. The van der Waals surface area contributed by atoms with E-state index in [0.717, 1.165) is 22.9 Å². The summed E-state index contributed by atoms with van der Waals surface area (Å²) in [5, 5.41) is 9.56. The first-order valence-electron chi connectivity index (χ1n) is 7.66. The van der Waals surface area contributed by atoms with Crippen LogP contribution in [0.25, 0.3) is 22.4 Å². The zero-order chi connectivity index (χ0) is 16.0. The Bertz CT molecular complexity index is 860. The molecule has 7 heteroatoms. The third-order valence-electron chi connectivity index (χ3n) is 4.20. The van der Waals surface area contributed by atoms with Gasteiger partial charge in [-0.2, -0.15) is 10.1 Å². The summed E-state index contributed by atoms with van der Waals surface area (Å²) in [6.07, 6.45) is 2.71. The smallest absolute Gasteiger partial charge is 0.258 e. The lowest BCUT2D eigenvalue weighted by atomic mass is 10.0. The van der Waals surface area contributed by atoms with Gasteiger partial charge in [-0.1, -0.05) is 11.2 Å². The molecule has 7 nitrogen and oxygen atoms in total. The quantitative estimate of drug-likeness (QED) is 0.690. The van der Waals surface area contributed by atoms with Gasteiger partial charge in [0.25, 0.3) is 5.89 Å². The van der Waals surface area contributed by atoms with Gasteiger partial charge in [0.15, 0.2) is 5.82 Å². The summed E-state index contributed by atoms with van der Waals surface area (Å²) in [5.41, 5.74) is 1.93. The number of rotatable bonds is 4. The molecule has 1 aromatic carbocycles. The fourth-order valence-electron chi connectivity index (χ4n) is 2.86. The fourth-order valence-corrected chi connectivity index (χ4v) is 2.86. The van der Waals surface area contributed by atoms with Crippen LogP contribution in [0, 0.1) is 0 Å². The Hall–Kier alpha value is -2.70. The van der Waals surface area contributed by atoms with Crippen LogP contribution in [0.4, 0.5) is 0 Å². The maximum Gasteiger partial charge on any atom is 0.258 e. The molecule has 118 valence electrons. The van der Waals surface area contributed by atoms with Gasteiger partial charge in [0.05, 0.1) is 17.6 Å².